The van der Waals surface area contributed by atoms with Gasteiger partial charge in [-0.3, -0.25) is 14.3 Å². The quantitative estimate of drug-likeness (QED) is 0.778. The van der Waals surface area contributed by atoms with Crippen LogP contribution in [-0.4, -0.2) is 14.5 Å². The van der Waals surface area contributed by atoms with E-state index in [0.29, 0.717) is 5.69 Å². The van der Waals surface area contributed by atoms with Crippen LogP contribution in [0.5, 0.6) is 0 Å². The Balaban J connectivity index is 2.54. The Morgan fingerprint density at radius 2 is 2.17 bits per heavy atom. The molecule has 0 saturated carbocycles. The van der Waals surface area contributed by atoms with Crippen molar-refractivity contribution in [2.24, 2.45) is 5.73 Å². The van der Waals surface area contributed by atoms with Gasteiger partial charge >= 0.3 is 0 Å². The lowest BCUT2D eigenvalue weighted by molar-refractivity contribution is 0.629. The van der Waals surface area contributed by atoms with Crippen molar-refractivity contribution in [2.75, 3.05) is 0 Å². The molecule has 0 aliphatic carbocycles. The highest BCUT2D eigenvalue weighted by molar-refractivity contribution is 5.84. The van der Waals surface area contributed by atoms with Crippen molar-refractivity contribution in [3.63, 3.8) is 0 Å². The lowest BCUT2D eigenvalue weighted by atomic mass is 10.1. The van der Waals surface area contributed by atoms with E-state index in [2.05, 4.69) is 9.97 Å². The first-order valence-corrected chi connectivity index (χ1v) is 6.86. The summed E-state index contributed by atoms with van der Waals surface area (Å²) >= 11 is 0. The highest BCUT2D eigenvalue weighted by atomic mass is 19.1. The zero-order valence-electron chi connectivity index (χ0n) is 12.2. The molecule has 2 aromatic heterocycles. The molecule has 2 N–H and O–H groups in total. The Labute approximate surface area is 130 Å². The largest absolute Gasteiger partial charge is 0.322 e. The van der Waals surface area contributed by atoms with Gasteiger partial charge in [0.05, 0.1) is 28.9 Å². The molecule has 0 saturated heterocycles. The van der Waals surface area contributed by atoms with E-state index in [-0.39, 0.29) is 22.3 Å². The van der Waals surface area contributed by atoms with Gasteiger partial charge in [-0.1, -0.05) is 0 Å². The summed E-state index contributed by atoms with van der Waals surface area (Å²) in [6, 6.07) is 6.99. The molecular weight excluding hydrogens is 297 g/mol. The molecule has 0 aliphatic heterocycles. The average Bonchev–Trinajstić information content (AvgIpc) is 2.56. The second kappa shape index (κ2) is 5.59. The number of aromatic nitrogens is 3. The van der Waals surface area contributed by atoms with Gasteiger partial charge in [0.2, 0.25) is 0 Å². The second-order valence-electron chi connectivity index (χ2n) is 5.04. The fourth-order valence-electron chi connectivity index (χ4n) is 2.41. The summed E-state index contributed by atoms with van der Waals surface area (Å²) < 4.78 is 15.4. The summed E-state index contributed by atoms with van der Waals surface area (Å²) in [7, 11) is 0. The van der Waals surface area contributed by atoms with Crippen LogP contribution < -0.4 is 11.3 Å². The van der Waals surface area contributed by atoms with Gasteiger partial charge in [0, 0.05) is 6.20 Å². The highest BCUT2D eigenvalue weighted by Gasteiger charge is 2.20. The number of nitrogens with two attached hydrogens (primary N) is 1. The molecule has 0 aliphatic rings. The Bertz CT molecular complexity index is 989. The third-order valence-electron chi connectivity index (χ3n) is 3.43. The fraction of sp³-hybridized carbons (Fsp3) is 0.125. The molecule has 23 heavy (non-hydrogen) atoms. The van der Waals surface area contributed by atoms with E-state index >= 15 is 0 Å². The van der Waals surface area contributed by atoms with Crippen molar-refractivity contribution in [3.05, 3.63) is 64.2 Å². The molecule has 0 fully saturated rings. The summed E-state index contributed by atoms with van der Waals surface area (Å²) in [5, 5.41) is 9.14. The molecule has 0 unspecified atom stereocenters. The molecule has 6 nitrogen and oxygen atoms in total. The Morgan fingerprint density at radius 3 is 2.78 bits per heavy atom. The third-order valence-corrected chi connectivity index (χ3v) is 3.43. The van der Waals surface area contributed by atoms with Gasteiger partial charge in [-0.05, 0) is 31.2 Å². The molecule has 0 spiro atoms. The summed E-state index contributed by atoms with van der Waals surface area (Å²) in [4.78, 5) is 21.1. The van der Waals surface area contributed by atoms with Gasteiger partial charge in [-0.25, -0.2) is 9.37 Å². The SMILES string of the molecule is C[C@H](N)c1nc2c(F)ccc(C#N)c2c(=O)n1-c1cccnc1. The lowest BCUT2D eigenvalue weighted by Gasteiger charge is -2.16. The van der Waals surface area contributed by atoms with Gasteiger partial charge in [-0.15, -0.1) is 0 Å². The minimum Gasteiger partial charge on any atom is -0.322 e. The van der Waals surface area contributed by atoms with E-state index in [1.54, 1.807) is 25.3 Å². The van der Waals surface area contributed by atoms with E-state index < -0.39 is 17.4 Å². The zero-order chi connectivity index (χ0) is 16.6. The van der Waals surface area contributed by atoms with Crippen molar-refractivity contribution in [1.82, 2.24) is 14.5 Å². The second-order valence-corrected chi connectivity index (χ2v) is 5.04. The molecule has 0 amide bonds. The molecule has 1 aromatic carbocycles. The Kier molecular flexibility index (Phi) is 3.60. The topological polar surface area (TPSA) is 97.6 Å². The minimum absolute atomic E-state index is 0.0627. The first-order valence-electron chi connectivity index (χ1n) is 6.86. The van der Waals surface area contributed by atoms with E-state index in [4.69, 9.17) is 5.73 Å². The molecule has 3 rings (SSSR count). The van der Waals surface area contributed by atoms with Gasteiger partial charge < -0.3 is 5.73 Å². The molecular formula is C16H12FN5O. The lowest BCUT2D eigenvalue weighted by Crippen LogP contribution is -2.28. The number of nitriles is 1. The smallest absolute Gasteiger partial charge is 0.267 e. The van der Waals surface area contributed by atoms with Gasteiger partial charge in [0.25, 0.3) is 5.56 Å². The molecule has 1 atom stereocenters. The first kappa shape index (κ1) is 14.8. The third kappa shape index (κ3) is 2.35. The van der Waals surface area contributed by atoms with Crippen LogP contribution in [0.3, 0.4) is 0 Å². The number of fused-ring (bicyclic) bond motifs is 1. The molecule has 7 heteroatoms. The van der Waals surface area contributed by atoms with E-state index in [9.17, 15) is 14.4 Å². The number of nitrogens with zero attached hydrogens (tertiary/aromatic N) is 4. The minimum atomic E-state index is -0.670. The van der Waals surface area contributed by atoms with Crippen LogP contribution in [0.2, 0.25) is 0 Å². The molecule has 0 bridgehead atoms. The van der Waals surface area contributed by atoms with Crippen LogP contribution in [0.15, 0.2) is 41.5 Å². The van der Waals surface area contributed by atoms with Crippen molar-refractivity contribution in [3.8, 4) is 11.8 Å². The van der Waals surface area contributed by atoms with Crippen LogP contribution in [0.1, 0.15) is 24.4 Å². The maximum absolute atomic E-state index is 14.1. The van der Waals surface area contributed by atoms with E-state index in [1.165, 1.54) is 16.8 Å². The van der Waals surface area contributed by atoms with Crippen molar-refractivity contribution in [1.29, 1.82) is 5.26 Å². The number of pyridine rings is 1. The Hall–Kier alpha value is -3.11. The molecule has 0 radical (unpaired) electrons. The van der Waals surface area contributed by atoms with Crippen molar-refractivity contribution in [2.45, 2.75) is 13.0 Å². The van der Waals surface area contributed by atoms with Crippen LogP contribution in [-0.2, 0) is 0 Å². The first-order chi connectivity index (χ1) is 11.0. The summed E-state index contributed by atoms with van der Waals surface area (Å²) in [5.41, 5.74) is 5.72. The van der Waals surface area contributed by atoms with Crippen LogP contribution >= 0.6 is 0 Å². The number of halogens is 1. The van der Waals surface area contributed by atoms with Gasteiger partial charge in [0.15, 0.2) is 0 Å². The summed E-state index contributed by atoms with van der Waals surface area (Å²) in [6.07, 6.45) is 3.04. The number of hydrogen-bond acceptors (Lipinski definition) is 5. The molecule has 114 valence electrons. The van der Waals surface area contributed by atoms with Crippen molar-refractivity contribution < 1.29 is 4.39 Å². The van der Waals surface area contributed by atoms with Crippen LogP contribution in [0.25, 0.3) is 16.6 Å². The predicted molar refractivity (Wildman–Crippen MR) is 82.4 cm³/mol. The monoisotopic (exact) mass is 309 g/mol. The standard InChI is InChI=1S/C16H12FN5O/c1-9(19)15-21-14-12(17)5-4-10(7-18)13(14)16(23)22(15)11-3-2-6-20-8-11/h2-6,8-9H,19H2,1H3/t9-/m0/s1. The number of hydrogen-bond donors (Lipinski definition) is 1. The normalized spacial score (nSPS) is 12.1. The Morgan fingerprint density at radius 1 is 1.39 bits per heavy atom. The fourth-order valence-corrected chi connectivity index (χ4v) is 2.41. The maximum atomic E-state index is 14.1. The maximum Gasteiger partial charge on any atom is 0.267 e. The van der Waals surface area contributed by atoms with E-state index in [1.807, 2.05) is 6.07 Å². The van der Waals surface area contributed by atoms with Crippen molar-refractivity contribution >= 4 is 10.9 Å². The van der Waals surface area contributed by atoms with Gasteiger partial charge in [-0.2, -0.15) is 5.26 Å². The van der Waals surface area contributed by atoms with Gasteiger partial charge in [0.1, 0.15) is 23.2 Å². The average molecular weight is 309 g/mol. The molecule has 3 aromatic rings. The predicted octanol–water partition coefficient (Wildman–Crippen LogP) is 1.81. The summed E-state index contributed by atoms with van der Waals surface area (Å²) in [5.74, 6) is -0.471. The number of benzene rings is 1. The highest BCUT2D eigenvalue weighted by Crippen LogP contribution is 2.20. The summed E-state index contributed by atoms with van der Waals surface area (Å²) in [6.45, 7) is 1.65. The molecule has 2 heterocycles. The number of rotatable bonds is 2. The van der Waals surface area contributed by atoms with Crippen LogP contribution in [0, 0.1) is 17.1 Å². The van der Waals surface area contributed by atoms with E-state index in [0.717, 1.165) is 6.07 Å². The van der Waals surface area contributed by atoms with Crippen LogP contribution in [0.4, 0.5) is 4.39 Å². The zero-order valence-corrected chi connectivity index (χ0v) is 12.2.